The molecule has 0 aliphatic rings. The molecule has 12 nitrogen and oxygen atoms in total. The number of nitrogens with two attached hydrogens (primary N) is 2. The number of carbonyl (C=O) groups is 4. The standard InChI is InChI=1S/C9H20N4O2.C7H10N2O2.2CH5N.2CH4/c1-10-5-3-8(14)12-7-13-9(15)4-6-11-2;1-3-6(10)8-5-9-7(11)4-2;2*1-2;;/h10-11H,3-7H2,1-2H3,(H,12,14)(H,13,15);3-4H,1-2,5H2,(H,8,10)(H,9,11);2*2H2,1H3;2*1H4. The summed E-state index contributed by atoms with van der Waals surface area (Å²) in [5.41, 5.74) is 9.00. The summed E-state index contributed by atoms with van der Waals surface area (Å²) in [5, 5.41) is 15.6. The molecule has 0 saturated carbocycles. The van der Waals surface area contributed by atoms with E-state index in [0.717, 1.165) is 12.2 Å². The average Bonchev–Trinajstić information content (AvgIpc) is 2.79. The molecule has 0 spiro atoms. The zero-order valence-electron chi connectivity index (χ0n) is 18.6. The Morgan fingerprint density at radius 1 is 0.656 bits per heavy atom. The molecule has 0 saturated heterocycles. The van der Waals surface area contributed by atoms with Crippen LogP contribution in [-0.4, -0.2) is 78.2 Å². The van der Waals surface area contributed by atoms with Gasteiger partial charge in [-0.2, -0.15) is 0 Å². The minimum Gasteiger partial charge on any atom is -0.339 e. The Morgan fingerprint density at radius 2 is 0.938 bits per heavy atom. The molecule has 0 fully saturated rings. The van der Waals surface area contributed by atoms with Crippen LogP contribution in [-0.2, 0) is 19.2 Å². The minimum atomic E-state index is -0.325. The van der Waals surface area contributed by atoms with E-state index in [9.17, 15) is 19.2 Å². The van der Waals surface area contributed by atoms with Gasteiger partial charge in [-0.3, -0.25) is 19.2 Å². The molecule has 0 aromatic heterocycles. The third-order valence-corrected chi connectivity index (χ3v) is 2.67. The third-order valence-electron chi connectivity index (χ3n) is 2.67. The zero-order chi connectivity index (χ0) is 24.2. The molecule has 0 atom stereocenters. The van der Waals surface area contributed by atoms with Crippen LogP contribution in [0.25, 0.3) is 0 Å². The van der Waals surface area contributed by atoms with E-state index in [4.69, 9.17) is 0 Å². The van der Waals surface area contributed by atoms with Gasteiger partial charge in [-0.05, 0) is 40.3 Å². The number of nitrogens with one attached hydrogen (secondary N) is 6. The van der Waals surface area contributed by atoms with Gasteiger partial charge in [0.25, 0.3) is 0 Å². The van der Waals surface area contributed by atoms with Crippen LogP contribution in [0, 0.1) is 0 Å². The topological polar surface area (TPSA) is 192 Å². The highest BCUT2D eigenvalue weighted by molar-refractivity contribution is 5.89. The molecule has 0 aliphatic carbocycles. The first-order chi connectivity index (χ1) is 14.4. The predicted molar refractivity (Wildman–Crippen MR) is 133 cm³/mol. The van der Waals surface area contributed by atoms with Crippen LogP contribution in [0.1, 0.15) is 27.7 Å². The van der Waals surface area contributed by atoms with Crippen molar-refractivity contribution in [2.24, 2.45) is 11.5 Å². The Balaban J connectivity index is -0.0000000888. The molecular formula is C20H48N8O4. The van der Waals surface area contributed by atoms with Crippen LogP contribution in [0.5, 0.6) is 0 Å². The van der Waals surface area contributed by atoms with Crippen molar-refractivity contribution in [3.8, 4) is 0 Å². The summed E-state index contributed by atoms with van der Waals surface area (Å²) < 4.78 is 0. The molecule has 0 bridgehead atoms. The average molecular weight is 465 g/mol. The van der Waals surface area contributed by atoms with Gasteiger partial charge in [-0.1, -0.05) is 28.0 Å². The smallest absolute Gasteiger partial charge is 0.244 e. The van der Waals surface area contributed by atoms with Crippen LogP contribution in [0.4, 0.5) is 0 Å². The molecular weight excluding hydrogens is 416 g/mol. The molecule has 0 rings (SSSR count). The molecule has 0 aromatic rings. The lowest BCUT2D eigenvalue weighted by molar-refractivity contribution is -0.123. The summed E-state index contributed by atoms with van der Waals surface area (Å²) in [6, 6.07) is 0. The summed E-state index contributed by atoms with van der Waals surface area (Å²) in [6.07, 6.45) is 3.09. The van der Waals surface area contributed by atoms with Crippen LogP contribution >= 0.6 is 0 Å². The van der Waals surface area contributed by atoms with Gasteiger partial charge < -0.3 is 43.4 Å². The van der Waals surface area contributed by atoms with Gasteiger partial charge in [0.2, 0.25) is 23.6 Å². The van der Waals surface area contributed by atoms with Gasteiger partial charge in [-0.15, -0.1) is 0 Å². The number of rotatable bonds is 12. The van der Waals surface area contributed by atoms with Gasteiger partial charge in [0.1, 0.15) is 0 Å². The van der Waals surface area contributed by atoms with Crippen molar-refractivity contribution in [1.29, 1.82) is 0 Å². The van der Waals surface area contributed by atoms with Crippen molar-refractivity contribution >= 4 is 23.6 Å². The van der Waals surface area contributed by atoms with Crippen molar-refractivity contribution in [1.82, 2.24) is 31.9 Å². The van der Waals surface area contributed by atoms with E-state index in [1.54, 1.807) is 14.1 Å². The second-order valence-electron chi connectivity index (χ2n) is 4.75. The highest BCUT2D eigenvalue weighted by atomic mass is 16.2. The summed E-state index contributed by atoms with van der Waals surface area (Å²) >= 11 is 0. The van der Waals surface area contributed by atoms with E-state index in [2.05, 4.69) is 56.5 Å². The molecule has 0 heterocycles. The van der Waals surface area contributed by atoms with Crippen LogP contribution < -0.4 is 43.4 Å². The van der Waals surface area contributed by atoms with Crippen molar-refractivity contribution < 1.29 is 19.2 Å². The van der Waals surface area contributed by atoms with E-state index >= 15 is 0 Å². The first-order valence-corrected chi connectivity index (χ1v) is 9.19. The van der Waals surface area contributed by atoms with Crippen LogP contribution in [0.15, 0.2) is 25.3 Å². The molecule has 32 heavy (non-hydrogen) atoms. The molecule has 0 radical (unpaired) electrons. The fraction of sp³-hybridized carbons (Fsp3) is 0.600. The van der Waals surface area contributed by atoms with Crippen LogP contribution in [0.2, 0.25) is 0 Å². The molecule has 0 unspecified atom stereocenters. The maximum Gasteiger partial charge on any atom is 0.244 e. The first-order valence-electron chi connectivity index (χ1n) is 9.19. The van der Waals surface area contributed by atoms with E-state index in [1.165, 1.54) is 14.1 Å². The molecule has 12 heteroatoms. The van der Waals surface area contributed by atoms with Crippen molar-refractivity contribution in [3.63, 3.8) is 0 Å². The second kappa shape index (κ2) is 38.8. The van der Waals surface area contributed by atoms with Gasteiger partial charge in [0.05, 0.1) is 13.3 Å². The first kappa shape index (κ1) is 43.1. The summed E-state index contributed by atoms with van der Waals surface area (Å²) in [5.74, 6) is -0.791. The molecule has 0 aromatic carbocycles. The molecule has 10 N–H and O–H groups in total. The summed E-state index contributed by atoms with van der Waals surface area (Å²) in [6.45, 7) is 8.04. The highest BCUT2D eigenvalue weighted by Gasteiger charge is 2.01. The molecule has 4 amide bonds. The fourth-order valence-corrected chi connectivity index (χ4v) is 1.26. The van der Waals surface area contributed by atoms with Gasteiger partial charge in [0.15, 0.2) is 0 Å². The number of hydrogen-bond acceptors (Lipinski definition) is 8. The minimum absolute atomic E-state index is 0. The monoisotopic (exact) mass is 464 g/mol. The number of amides is 4. The lowest BCUT2D eigenvalue weighted by Crippen LogP contribution is -2.38. The quantitative estimate of drug-likeness (QED) is 0.124. The van der Waals surface area contributed by atoms with Gasteiger partial charge in [0, 0.05) is 25.9 Å². The Hall–Kier alpha value is -2.80. The summed E-state index contributed by atoms with van der Waals surface area (Å²) in [4.78, 5) is 43.1. The normalized spacial score (nSPS) is 7.69. The van der Waals surface area contributed by atoms with Crippen molar-refractivity contribution in [3.05, 3.63) is 25.3 Å². The van der Waals surface area contributed by atoms with E-state index in [-0.39, 0.29) is 51.8 Å². The lowest BCUT2D eigenvalue weighted by Gasteiger charge is -2.06. The molecule has 0 aliphatic heterocycles. The van der Waals surface area contributed by atoms with E-state index in [1.807, 2.05) is 0 Å². The summed E-state index contributed by atoms with van der Waals surface area (Å²) in [7, 11) is 6.57. The largest absolute Gasteiger partial charge is 0.339 e. The van der Waals surface area contributed by atoms with Crippen molar-refractivity contribution in [2.75, 3.05) is 54.6 Å². The Kier molecular flexibility index (Phi) is 52.3. The second-order valence-corrected chi connectivity index (χ2v) is 4.75. The third kappa shape index (κ3) is 41.5. The van der Waals surface area contributed by atoms with Gasteiger partial charge in [-0.25, -0.2) is 0 Å². The highest BCUT2D eigenvalue weighted by Crippen LogP contribution is 1.77. The zero-order valence-corrected chi connectivity index (χ0v) is 18.6. The number of carbonyl (C=O) groups excluding carboxylic acids is 4. The maximum atomic E-state index is 11.1. The van der Waals surface area contributed by atoms with Crippen LogP contribution in [0.3, 0.4) is 0 Å². The fourth-order valence-electron chi connectivity index (χ4n) is 1.26. The Labute approximate surface area is 194 Å². The lowest BCUT2D eigenvalue weighted by atomic mass is 10.4. The van der Waals surface area contributed by atoms with Crippen molar-refractivity contribution in [2.45, 2.75) is 27.7 Å². The Morgan fingerprint density at radius 3 is 1.19 bits per heavy atom. The van der Waals surface area contributed by atoms with E-state index < -0.39 is 0 Å². The maximum absolute atomic E-state index is 11.1. The van der Waals surface area contributed by atoms with E-state index in [0.29, 0.717) is 25.9 Å². The molecule has 192 valence electrons. The predicted octanol–water partition coefficient (Wildman–Crippen LogP) is -1.63. The Bertz CT molecular complexity index is 435. The van der Waals surface area contributed by atoms with Gasteiger partial charge >= 0.3 is 0 Å². The number of hydrogen-bond donors (Lipinski definition) is 8. The SMILES string of the molecule is C.C.C=CC(=O)NCNC(=O)C=C.CN.CN.CNCCC(=O)NCNC(=O)CCNC.